The molecule has 0 fully saturated rings. The van der Waals surface area contributed by atoms with Gasteiger partial charge in [0, 0.05) is 19.0 Å². The number of rotatable bonds is 6. The largest absolute Gasteiger partial charge is 0.441 e. The van der Waals surface area contributed by atoms with Crippen molar-refractivity contribution < 1.29 is 14.0 Å². The van der Waals surface area contributed by atoms with Crippen LogP contribution in [0, 0.1) is 6.92 Å². The molecule has 204 valence electrons. The van der Waals surface area contributed by atoms with Gasteiger partial charge in [-0.2, -0.15) is 5.21 Å². The zero-order chi connectivity index (χ0) is 28.1. The molecule has 15 heteroatoms. The molecular weight excluding hydrogens is 530 g/mol. The van der Waals surface area contributed by atoms with E-state index in [0.717, 1.165) is 33.1 Å². The Morgan fingerprint density at radius 1 is 1.10 bits per heavy atom. The first-order valence-corrected chi connectivity index (χ1v) is 12.7. The summed E-state index contributed by atoms with van der Waals surface area (Å²) in [4.78, 5) is 47.5. The van der Waals surface area contributed by atoms with E-state index in [9.17, 15) is 14.4 Å². The van der Waals surface area contributed by atoms with Crippen molar-refractivity contribution in [1.82, 2.24) is 55.8 Å². The molecule has 0 bridgehead atoms. The van der Waals surface area contributed by atoms with E-state index in [0.29, 0.717) is 29.2 Å². The zero-order valence-electron chi connectivity index (χ0n) is 21.5. The minimum Gasteiger partial charge on any atom is -0.441 e. The monoisotopic (exact) mass is 551 g/mol. The van der Waals surface area contributed by atoms with Gasteiger partial charge in [-0.25, -0.2) is 24.3 Å². The Morgan fingerprint density at radius 3 is 2.85 bits per heavy atom. The quantitative estimate of drug-likeness (QED) is 0.234. The second kappa shape index (κ2) is 9.48. The molecule has 41 heavy (non-hydrogen) atoms. The first-order valence-electron chi connectivity index (χ1n) is 12.7. The predicted molar refractivity (Wildman–Crippen MR) is 142 cm³/mol. The fourth-order valence-electron chi connectivity index (χ4n) is 5.09. The summed E-state index contributed by atoms with van der Waals surface area (Å²) >= 11 is 0. The number of oxazole rings is 1. The van der Waals surface area contributed by atoms with E-state index in [1.165, 1.54) is 6.07 Å². The number of fused-ring (bicyclic) bond motifs is 3. The Balaban J connectivity index is 1.12. The molecule has 0 unspecified atom stereocenters. The predicted octanol–water partition coefficient (Wildman–Crippen LogP) is 1.39. The molecule has 0 aliphatic heterocycles. The van der Waals surface area contributed by atoms with E-state index in [-0.39, 0.29) is 29.8 Å². The highest BCUT2D eigenvalue weighted by molar-refractivity contribution is 5.98. The van der Waals surface area contributed by atoms with Crippen LogP contribution in [0.2, 0.25) is 0 Å². The van der Waals surface area contributed by atoms with Crippen LogP contribution >= 0.6 is 0 Å². The van der Waals surface area contributed by atoms with Crippen molar-refractivity contribution in [1.29, 1.82) is 0 Å². The lowest BCUT2D eigenvalue weighted by atomic mass is 10.0. The fourth-order valence-corrected chi connectivity index (χ4v) is 5.09. The van der Waals surface area contributed by atoms with Crippen molar-refractivity contribution in [2.24, 2.45) is 0 Å². The molecule has 1 atom stereocenters. The van der Waals surface area contributed by atoms with E-state index < -0.39 is 17.5 Å². The summed E-state index contributed by atoms with van der Waals surface area (Å²) in [5, 5.41) is 26.0. The molecule has 7 rings (SSSR count). The minimum atomic E-state index is -0.641. The minimum absolute atomic E-state index is 0.0587. The number of hydrogen-bond acceptors (Lipinski definition) is 10. The molecule has 0 radical (unpaired) electrons. The molecule has 6 aromatic rings. The maximum Gasteiger partial charge on any atom is 0.349 e. The Hall–Kier alpha value is -5.73. The maximum atomic E-state index is 13.5. The lowest BCUT2D eigenvalue weighted by molar-refractivity contribution is 0.0929. The van der Waals surface area contributed by atoms with Gasteiger partial charge in [0.1, 0.15) is 16.9 Å². The topological polar surface area (TPSA) is 202 Å². The Morgan fingerprint density at radius 2 is 2.00 bits per heavy atom. The third kappa shape index (κ3) is 4.38. The number of aryl methyl sites for hydroxylation is 2. The number of aromatic nitrogens is 9. The van der Waals surface area contributed by atoms with Crippen LogP contribution in [0.25, 0.3) is 28.3 Å². The highest BCUT2D eigenvalue weighted by Crippen LogP contribution is 2.33. The average molecular weight is 552 g/mol. The molecule has 2 aromatic carbocycles. The van der Waals surface area contributed by atoms with E-state index in [1.807, 2.05) is 30.3 Å². The molecule has 0 saturated carbocycles. The van der Waals surface area contributed by atoms with Crippen molar-refractivity contribution in [3.63, 3.8) is 0 Å². The van der Waals surface area contributed by atoms with E-state index >= 15 is 0 Å². The highest BCUT2D eigenvalue weighted by Gasteiger charge is 2.27. The lowest BCUT2D eigenvalue weighted by Gasteiger charge is -2.15. The van der Waals surface area contributed by atoms with Gasteiger partial charge in [-0.15, -0.1) is 15.3 Å². The van der Waals surface area contributed by atoms with Gasteiger partial charge in [0.05, 0.1) is 6.04 Å². The number of carbonyl (C=O) groups excluding carboxylic acids is 2. The maximum absolute atomic E-state index is 13.5. The van der Waals surface area contributed by atoms with E-state index in [4.69, 9.17) is 4.42 Å². The molecule has 2 amide bonds. The molecule has 1 aliphatic rings. The van der Waals surface area contributed by atoms with Crippen LogP contribution in [0.3, 0.4) is 0 Å². The van der Waals surface area contributed by atoms with Crippen LogP contribution in [0.15, 0.2) is 51.7 Å². The molecule has 4 aromatic heterocycles. The Kier molecular flexibility index (Phi) is 5.62. The normalized spacial score (nSPS) is 14.4. The molecule has 4 N–H and O–H groups in total. The number of nitrogens with zero attached hydrogens (tertiary/aromatic N) is 7. The molecule has 0 spiro atoms. The number of benzene rings is 2. The SMILES string of the molecule is Cc1nc2cc(CNC(=O)c3cc(C(=O)N[C@H]4CCc5cc(-c6nn[nH]n6)ccc54)n4c(=O)[nH]nc4n3)ccc2o1. The number of carbonyl (C=O) groups is 2. The number of tetrazole rings is 1. The first-order chi connectivity index (χ1) is 19.9. The number of aromatic amines is 2. The standard InChI is InChI=1S/C26H21N11O4/c1-12-28-18-8-13(2-7-21(18)41-12)11-27-23(38)19-10-20(37-25(30-19)33-34-26(37)40)24(39)29-17-6-4-14-9-15(3-5-16(14)17)22-31-35-36-32-22/h2-3,5,7-10,17H,4,6,11H2,1H3,(H,27,38)(H,29,39)(H,34,40)(H,31,32,35,36)/t17-/m0/s1. The molecule has 15 nitrogen and oxygen atoms in total. The number of nitrogens with one attached hydrogen (secondary N) is 4. The van der Waals surface area contributed by atoms with Crippen LogP contribution in [0.4, 0.5) is 0 Å². The van der Waals surface area contributed by atoms with E-state index in [1.54, 1.807) is 13.0 Å². The van der Waals surface area contributed by atoms with Gasteiger partial charge in [0.2, 0.25) is 5.82 Å². The first kappa shape index (κ1) is 24.3. The van der Waals surface area contributed by atoms with Crippen LogP contribution < -0.4 is 16.3 Å². The Labute approximate surface area is 229 Å². The van der Waals surface area contributed by atoms with Crippen molar-refractivity contribution in [3.8, 4) is 11.4 Å². The van der Waals surface area contributed by atoms with Gasteiger partial charge in [-0.1, -0.05) is 18.2 Å². The number of H-pyrrole nitrogens is 2. The summed E-state index contributed by atoms with van der Waals surface area (Å²) in [6, 6.07) is 12.2. The van der Waals surface area contributed by atoms with E-state index in [2.05, 4.69) is 51.4 Å². The highest BCUT2D eigenvalue weighted by atomic mass is 16.3. The average Bonchev–Trinajstić information content (AvgIpc) is 3.78. The van der Waals surface area contributed by atoms with Gasteiger partial charge in [-0.3, -0.25) is 9.59 Å². The number of amides is 2. The van der Waals surface area contributed by atoms with Crippen LogP contribution in [0.5, 0.6) is 0 Å². The van der Waals surface area contributed by atoms with Crippen molar-refractivity contribution in [2.45, 2.75) is 32.4 Å². The van der Waals surface area contributed by atoms with Gasteiger partial charge >= 0.3 is 5.69 Å². The summed E-state index contributed by atoms with van der Waals surface area (Å²) in [6.07, 6.45) is 1.39. The second-order valence-corrected chi connectivity index (χ2v) is 9.62. The summed E-state index contributed by atoms with van der Waals surface area (Å²) in [7, 11) is 0. The van der Waals surface area contributed by atoms with Crippen LogP contribution in [-0.2, 0) is 13.0 Å². The molecule has 0 saturated heterocycles. The van der Waals surface area contributed by atoms with Gasteiger partial charge in [0.15, 0.2) is 11.5 Å². The third-order valence-electron chi connectivity index (χ3n) is 7.00. The Bertz CT molecular complexity index is 2020. The fraction of sp³-hybridized carbons (Fsp3) is 0.192. The second-order valence-electron chi connectivity index (χ2n) is 9.62. The molecular formula is C26H21N11O4. The third-order valence-corrected chi connectivity index (χ3v) is 7.00. The van der Waals surface area contributed by atoms with Gasteiger partial charge in [-0.05, 0) is 59.0 Å². The lowest BCUT2D eigenvalue weighted by Crippen LogP contribution is -2.32. The summed E-state index contributed by atoms with van der Waals surface area (Å²) in [5.74, 6) is -0.133. The van der Waals surface area contributed by atoms with Gasteiger partial charge < -0.3 is 15.1 Å². The van der Waals surface area contributed by atoms with Crippen molar-refractivity contribution >= 4 is 28.7 Å². The summed E-state index contributed by atoms with van der Waals surface area (Å²) in [5.41, 5.74) is 4.20. The zero-order valence-corrected chi connectivity index (χ0v) is 21.5. The molecule has 4 heterocycles. The smallest absolute Gasteiger partial charge is 0.349 e. The van der Waals surface area contributed by atoms with Crippen molar-refractivity contribution in [2.75, 3.05) is 0 Å². The summed E-state index contributed by atoms with van der Waals surface area (Å²) < 4.78 is 6.53. The van der Waals surface area contributed by atoms with Crippen LogP contribution in [-0.4, -0.2) is 57.0 Å². The van der Waals surface area contributed by atoms with Gasteiger partial charge in [0.25, 0.3) is 17.6 Å². The van der Waals surface area contributed by atoms with Crippen LogP contribution in [0.1, 0.15) is 56.0 Å². The summed E-state index contributed by atoms with van der Waals surface area (Å²) in [6.45, 7) is 1.95. The number of hydrogen-bond donors (Lipinski definition) is 4. The van der Waals surface area contributed by atoms with Crippen molar-refractivity contribution in [3.05, 3.63) is 86.9 Å². The molecule has 1 aliphatic carbocycles.